The van der Waals surface area contributed by atoms with E-state index < -0.39 is 5.54 Å². The lowest BCUT2D eigenvalue weighted by molar-refractivity contribution is 0.373. The van der Waals surface area contributed by atoms with Crippen LogP contribution < -0.4 is 11.5 Å². The van der Waals surface area contributed by atoms with Gasteiger partial charge in [-0.3, -0.25) is 0 Å². The van der Waals surface area contributed by atoms with E-state index in [-0.39, 0.29) is 0 Å². The molecule has 5 nitrogen and oxygen atoms in total. The van der Waals surface area contributed by atoms with Crippen LogP contribution in [0.3, 0.4) is 0 Å². The van der Waals surface area contributed by atoms with Crippen LogP contribution in [0.15, 0.2) is 10.2 Å². The Bertz CT molecular complexity index is 332. The van der Waals surface area contributed by atoms with Gasteiger partial charge in [-0.05, 0) is 31.7 Å². The third-order valence-electron chi connectivity index (χ3n) is 4.03. The lowest BCUT2D eigenvalue weighted by Gasteiger charge is -2.32. The zero-order valence-electron chi connectivity index (χ0n) is 11.3. The molecule has 1 aliphatic carbocycles. The van der Waals surface area contributed by atoms with Crippen molar-refractivity contribution in [3.63, 3.8) is 0 Å². The van der Waals surface area contributed by atoms with Crippen LogP contribution in [0.5, 0.6) is 0 Å². The minimum Gasteiger partial charge on any atom is -0.361 e. The van der Waals surface area contributed by atoms with E-state index in [9.17, 15) is 0 Å². The van der Waals surface area contributed by atoms with E-state index >= 15 is 0 Å². The highest BCUT2D eigenvalue weighted by Gasteiger charge is 2.29. The molecule has 1 saturated carbocycles. The van der Waals surface area contributed by atoms with Crippen LogP contribution in [-0.2, 0) is 0 Å². The fourth-order valence-corrected chi connectivity index (χ4v) is 2.90. The van der Waals surface area contributed by atoms with Gasteiger partial charge in [0.05, 0.1) is 5.54 Å². The predicted molar refractivity (Wildman–Crippen MR) is 75.7 cm³/mol. The van der Waals surface area contributed by atoms with Gasteiger partial charge in [-0.25, -0.2) is 0 Å². The summed E-state index contributed by atoms with van der Waals surface area (Å²) >= 11 is 0. The third kappa shape index (κ3) is 3.29. The Kier molecular flexibility index (Phi) is 4.35. The zero-order valence-corrected chi connectivity index (χ0v) is 11.3. The smallest absolute Gasteiger partial charge is 0.129 e. The van der Waals surface area contributed by atoms with Gasteiger partial charge in [0, 0.05) is 26.2 Å². The van der Waals surface area contributed by atoms with Crippen molar-refractivity contribution in [2.45, 2.75) is 44.1 Å². The van der Waals surface area contributed by atoms with Gasteiger partial charge in [0.1, 0.15) is 5.84 Å². The lowest BCUT2D eigenvalue weighted by atomic mass is 9.92. The van der Waals surface area contributed by atoms with E-state index in [0.29, 0.717) is 6.54 Å². The molecule has 2 aliphatic rings. The predicted octanol–water partition coefficient (Wildman–Crippen LogP) is 0.943. The van der Waals surface area contributed by atoms with Crippen LogP contribution in [-0.4, -0.2) is 42.6 Å². The Morgan fingerprint density at radius 2 is 2.17 bits per heavy atom. The quantitative estimate of drug-likeness (QED) is 0.780. The average molecular weight is 251 g/mol. The number of hydrogen-bond donors (Lipinski definition) is 2. The molecule has 1 atom stereocenters. The second-order valence-corrected chi connectivity index (χ2v) is 5.74. The Hall–Kier alpha value is -0.940. The molecule has 4 N–H and O–H groups in total. The monoisotopic (exact) mass is 251 g/mol. The summed E-state index contributed by atoms with van der Waals surface area (Å²) in [5.74, 6) is 1.81. The molecule has 5 heteroatoms. The van der Waals surface area contributed by atoms with Crippen LogP contribution in [0.1, 0.15) is 38.5 Å². The van der Waals surface area contributed by atoms with E-state index in [4.69, 9.17) is 11.5 Å². The first-order valence-electron chi connectivity index (χ1n) is 6.94. The molecule has 2 rings (SSSR count). The number of hydrogen-bond acceptors (Lipinski definition) is 5. The van der Waals surface area contributed by atoms with Gasteiger partial charge in [0.2, 0.25) is 0 Å². The maximum Gasteiger partial charge on any atom is 0.129 e. The van der Waals surface area contributed by atoms with Crippen molar-refractivity contribution in [3.8, 4) is 0 Å². The van der Waals surface area contributed by atoms with Gasteiger partial charge in [-0.1, -0.05) is 12.8 Å². The van der Waals surface area contributed by atoms with Crippen LogP contribution in [0, 0.1) is 5.92 Å². The van der Waals surface area contributed by atoms with Crippen LogP contribution in [0.4, 0.5) is 0 Å². The van der Waals surface area contributed by atoms with Crippen LogP contribution in [0.25, 0.3) is 0 Å². The first-order valence-corrected chi connectivity index (χ1v) is 6.94. The van der Waals surface area contributed by atoms with E-state index in [1.807, 2.05) is 0 Å². The molecule has 0 bridgehead atoms. The second-order valence-electron chi connectivity index (χ2n) is 5.74. The highest BCUT2D eigenvalue weighted by atomic mass is 15.3. The molecule has 0 amide bonds. The third-order valence-corrected chi connectivity index (χ3v) is 4.03. The lowest BCUT2D eigenvalue weighted by Crippen LogP contribution is -2.49. The zero-order chi connectivity index (χ0) is 13.0. The summed E-state index contributed by atoms with van der Waals surface area (Å²) in [7, 11) is 2.10. The molecule has 0 aromatic rings. The molecule has 18 heavy (non-hydrogen) atoms. The maximum atomic E-state index is 6.27. The van der Waals surface area contributed by atoms with Crippen molar-refractivity contribution in [1.82, 2.24) is 4.90 Å². The summed E-state index contributed by atoms with van der Waals surface area (Å²) in [4.78, 5) is 2.23. The molecule has 1 heterocycles. The summed E-state index contributed by atoms with van der Waals surface area (Å²) in [6.45, 7) is 1.66. The van der Waals surface area contributed by atoms with Gasteiger partial charge < -0.3 is 16.4 Å². The topological polar surface area (TPSA) is 80.0 Å². The van der Waals surface area contributed by atoms with Crippen molar-refractivity contribution in [1.29, 1.82) is 0 Å². The SMILES string of the molecule is CN(CC1CCCC1)C1=NN=CC(N)(CCN)C1. The summed E-state index contributed by atoms with van der Waals surface area (Å²) in [5.41, 5.74) is 11.5. The molecule has 1 unspecified atom stereocenters. The molecule has 0 radical (unpaired) electrons. The molecular weight excluding hydrogens is 226 g/mol. The van der Waals surface area contributed by atoms with Crippen molar-refractivity contribution < 1.29 is 0 Å². The fraction of sp³-hybridized carbons (Fsp3) is 0.846. The number of nitrogens with zero attached hydrogens (tertiary/aromatic N) is 3. The molecule has 1 fully saturated rings. The number of nitrogens with two attached hydrogens (primary N) is 2. The highest BCUT2D eigenvalue weighted by Crippen LogP contribution is 2.26. The number of rotatable bonds is 4. The minimum atomic E-state index is -0.407. The highest BCUT2D eigenvalue weighted by molar-refractivity contribution is 5.90. The number of amidine groups is 1. The van der Waals surface area contributed by atoms with Crippen molar-refractivity contribution >= 4 is 12.1 Å². The first-order chi connectivity index (χ1) is 8.63. The van der Waals surface area contributed by atoms with Gasteiger partial charge >= 0.3 is 0 Å². The normalized spacial score (nSPS) is 28.5. The Morgan fingerprint density at radius 1 is 1.44 bits per heavy atom. The van der Waals surface area contributed by atoms with Crippen molar-refractivity contribution in [3.05, 3.63) is 0 Å². The summed E-state index contributed by atoms with van der Waals surface area (Å²) < 4.78 is 0. The Morgan fingerprint density at radius 3 is 2.83 bits per heavy atom. The molecule has 0 saturated heterocycles. The molecule has 0 aromatic carbocycles. The largest absolute Gasteiger partial charge is 0.361 e. The van der Waals surface area contributed by atoms with Crippen molar-refractivity contribution in [2.24, 2.45) is 27.6 Å². The molecule has 0 aromatic heterocycles. The van der Waals surface area contributed by atoms with Gasteiger partial charge in [-0.15, -0.1) is 5.10 Å². The summed E-state index contributed by atoms with van der Waals surface area (Å²) in [6, 6.07) is 0. The van der Waals surface area contributed by atoms with Crippen molar-refractivity contribution in [2.75, 3.05) is 20.1 Å². The van der Waals surface area contributed by atoms with E-state index in [1.54, 1.807) is 6.21 Å². The van der Waals surface area contributed by atoms with E-state index in [2.05, 4.69) is 22.2 Å². The summed E-state index contributed by atoms with van der Waals surface area (Å²) in [6.07, 6.45) is 8.68. The van der Waals surface area contributed by atoms with Gasteiger partial charge in [0.15, 0.2) is 0 Å². The Balaban J connectivity index is 1.91. The molecular formula is C13H25N5. The average Bonchev–Trinajstić information content (AvgIpc) is 2.81. The van der Waals surface area contributed by atoms with Crippen LogP contribution in [0.2, 0.25) is 0 Å². The van der Waals surface area contributed by atoms with E-state index in [0.717, 1.165) is 31.1 Å². The minimum absolute atomic E-state index is 0.407. The summed E-state index contributed by atoms with van der Waals surface area (Å²) in [5, 5.41) is 8.31. The first kappa shape index (κ1) is 13.5. The van der Waals surface area contributed by atoms with Gasteiger partial charge in [0.25, 0.3) is 0 Å². The standard InChI is InChI=1S/C13H25N5/c1-18(9-11-4-2-3-5-11)12-8-13(15,6-7-14)10-16-17-12/h10-11H,2-9,14-15H2,1H3. The van der Waals surface area contributed by atoms with E-state index in [1.165, 1.54) is 25.7 Å². The molecule has 102 valence electrons. The molecule has 1 aliphatic heterocycles. The molecule has 0 spiro atoms. The second kappa shape index (κ2) is 5.80. The fourth-order valence-electron chi connectivity index (χ4n) is 2.90. The Labute approximate surface area is 109 Å². The maximum absolute atomic E-state index is 6.27. The van der Waals surface area contributed by atoms with Crippen LogP contribution >= 0.6 is 0 Å². The van der Waals surface area contributed by atoms with Gasteiger partial charge in [-0.2, -0.15) is 5.10 Å².